The highest BCUT2D eigenvalue weighted by molar-refractivity contribution is 7.13. The van der Waals surface area contributed by atoms with Crippen molar-refractivity contribution in [3.63, 3.8) is 0 Å². The SMILES string of the molecule is CCC1OCCC1CNc1nc(CCC(=O)OC)cs1. The topological polar surface area (TPSA) is 60.5 Å². The molecule has 1 aliphatic heterocycles. The summed E-state index contributed by atoms with van der Waals surface area (Å²) in [6.07, 6.45) is 3.57. The van der Waals surface area contributed by atoms with E-state index < -0.39 is 0 Å². The quantitative estimate of drug-likeness (QED) is 0.784. The van der Waals surface area contributed by atoms with Gasteiger partial charge in [-0.3, -0.25) is 4.79 Å². The first kappa shape index (κ1) is 15.3. The summed E-state index contributed by atoms with van der Waals surface area (Å²) < 4.78 is 10.3. The summed E-state index contributed by atoms with van der Waals surface area (Å²) in [4.78, 5) is 15.6. The number of carbonyl (C=O) groups is 1. The second kappa shape index (κ2) is 7.59. The fourth-order valence-corrected chi connectivity index (χ4v) is 3.19. The van der Waals surface area contributed by atoms with Gasteiger partial charge in [-0.15, -0.1) is 11.3 Å². The van der Waals surface area contributed by atoms with Gasteiger partial charge >= 0.3 is 5.97 Å². The Morgan fingerprint density at radius 1 is 1.65 bits per heavy atom. The van der Waals surface area contributed by atoms with Crippen LogP contribution >= 0.6 is 11.3 Å². The number of aryl methyl sites for hydroxylation is 1. The van der Waals surface area contributed by atoms with Crippen molar-refractivity contribution in [1.29, 1.82) is 0 Å². The number of carbonyl (C=O) groups excluding carboxylic acids is 1. The molecule has 1 aromatic heterocycles. The van der Waals surface area contributed by atoms with Crippen LogP contribution < -0.4 is 5.32 Å². The highest BCUT2D eigenvalue weighted by Gasteiger charge is 2.26. The number of nitrogens with zero attached hydrogens (tertiary/aromatic N) is 1. The number of aromatic nitrogens is 1. The van der Waals surface area contributed by atoms with E-state index in [2.05, 4.69) is 22.0 Å². The Labute approximate surface area is 123 Å². The summed E-state index contributed by atoms with van der Waals surface area (Å²) in [6.45, 7) is 3.94. The second-order valence-corrected chi connectivity index (χ2v) is 5.83. The summed E-state index contributed by atoms with van der Waals surface area (Å²) in [5, 5.41) is 6.30. The van der Waals surface area contributed by atoms with Crippen molar-refractivity contribution >= 4 is 22.4 Å². The van der Waals surface area contributed by atoms with E-state index in [1.165, 1.54) is 7.11 Å². The molecular formula is C14H22N2O3S. The molecule has 20 heavy (non-hydrogen) atoms. The number of methoxy groups -OCH3 is 1. The zero-order chi connectivity index (χ0) is 14.4. The molecule has 5 nitrogen and oxygen atoms in total. The molecule has 0 aromatic carbocycles. The smallest absolute Gasteiger partial charge is 0.305 e. The van der Waals surface area contributed by atoms with E-state index in [0.29, 0.717) is 24.9 Å². The first-order chi connectivity index (χ1) is 9.72. The van der Waals surface area contributed by atoms with Crippen LogP contribution in [0.15, 0.2) is 5.38 Å². The molecular weight excluding hydrogens is 276 g/mol. The fourth-order valence-electron chi connectivity index (χ4n) is 2.43. The molecule has 0 aliphatic carbocycles. The van der Waals surface area contributed by atoms with E-state index in [0.717, 1.165) is 36.8 Å². The molecule has 2 atom stereocenters. The van der Waals surface area contributed by atoms with Gasteiger partial charge in [0.15, 0.2) is 5.13 Å². The maximum Gasteiger partial charge on any atom is 0.305 e. The van der Waals surface area contributed by atoms with Crippen molar-refractivity contribution in [3.8, 4) is 0 Å². The molecule has 1 saturated heterocycles. The lowest BCUT2D eigenvalue weighted by molar-refractivity contribution is -0.140. The molecule has 0 spiro atoms. The number of nitrogens with one attached hydrogen (secondary N) is 1. The Morgan fingerprint density at radius 2 is 2.50 bits per heavy atom. The number of ether oxygens (including phenoxy) is 2. The molecule has 1 N–H and O–H groups in total. The van der Waals surface area contributed by atoms with E-state index >= 15 is 0 Å². The Hall–Kier alpha value is -1.14. The third kappa shape index (κ3) is 4.18. The van der Waals surface area contributed by atoms with Gasteiger partial charge in [-0.05, 0) is 12.8 Å². The maximum absolute atomic E-state index is 11.1. The Balaban J connectivity index is 1.76. The largest absolute Gasteiger partial charge is 0.469 e. The van der Waals surface area contributed by atoms with Gasteiger partial charge in [-0.2, -0.15) is 0 Å². The average molecular weight is 298 g/mol. The molecule has 6 heteroatoms. The van der Waals surface area contributed by atoms with Crippen LogP contribution in [0.2, 0.25) is 0 Å². The Morgan fingerprint density at radius 3 is 3.25 bits per heavy atom. The van der Waals surface area contributed by atoms with Gasteiger partial charge in [0.05, 0.1) is 25.3 Å². The molecule has 2 unspecified atom stereocenters. The highest BCUT2D eigenvalue weighted by Crippen LogP contribution is 2.24. The number of hydrogen-bond donors (Lipinski definition) is 1. The van der Waals surface area contributed by atoms with E-state index in [1.54, 1.807) is 11.3 Å². The van der Waals surface area contributed by atoms with Crippen LogP contribution in [0.4, 0.5) is 5.13 Å². The van der Waals surface area contributed by atoms with Crippen molar-refractivity contribution in [1.82, 2.24) is 4.98 Å². The maximum atomic E-state index is 11.1. The summed E-state index contributed by atoms with van der Waals surface area (Å²) in [6, 6.07) is 0. The number of thiazole rings is 1. The Bertz CT molecular complexity index is 436. The molecule has 2 rings (SSSR count). The van der Waals surface area contributed by atoms with Gasteiger partial charge in [0.1, 0.15) is 0 Å². The summed E-state index contributed by atoms with van der Waals surface area (Å²) in [5.74, 6) is 0.379. The highest BCUT2D eigenvalue weighted by atomic mass is 32.1. The molecule has 2 heterocycles. The number of esters is 1. The third-order valence-electron chi connectivity index (χ3n) is 3.63. The van der Waals surface area contributed by atoms with Gasteiger partial charge in [0, 0.05) is 30.9 Å². The minimum atomic E-state index is -0.193. The predicted molar refractivity (Wildman–Crippen MR) is 79.1 cm³/mol. The third-order valence-corrected chi connectivity index (χ3v) is 4.48. The zero-order valence-corrected chi connectivity index (χ0v) is 12.9. The van der Waals surface area contributed by atoms with Crippen molar-refractivity contribution in [3.05, 3.63) is 11.1 Å². The standard InChI is InChI=1S/C14H22N2O3S/c1-3-12-10(6-7-19-12)8-15-14-16-11(9-20-14)4-5-13(17)18-2/h9-10,12H,3-8H2,1-2H3,(H,15,16). The minimum absolute atomic E-state index is 0.193. The molecule has 1 fully saturated rings. The molecule has 0 radical (unpaired) electrons. The van der Waals surface area contributed by atoms with Crippen LogP contribution in [0.3, 0.4) is 0 Å². The lowest BCUT2D eigenvalue weighted by atomic mass is 10.00. The second-order valence-electron chi connectivity index (χ2n) is 4.97. The van der Waals surface area contributed by atoms with Crippen molar-refractivity contribution in [2.24, 2.45) is 5.92 Å². The molecule has 1 aliphatic rings. The molecule has 0 bridgehead atoms. The summed E-state index contributed by atoms with van der Waals surface area (Å²) in [5.41, 5.74) is 0.942. The first-order valence-corrected chi connectivity index (χ1v) is 7.97. The molecule has 0 saturated carbocycles. The number of rotatable bonds is 7. The van der Waals surface area contributed by atoms with Crippen LogP contribution in [0.1, 0.15) is 31.9 Å². The van der Waals surface area contributed by atoms with Gasteiger partial charge < -0.3 is 14.8 Å². The van der Waals surface area contributed by atoms with Crippen LogP contribution in [-0.2, 0) is 20.7 Å². The van der Waals surface area contributed by atoms with E-state index in [1.807, 2.05) is 5.38 Å². The first-order valence-electron chi connectivity index (χ1n) is 7.09. The average Bonchev–Trinajstić information content (AvgIpc) is 3.10. The summed E-state index contributed by atoms with van der Waals surface area (Å²) >= 11 is 1.59. The van der Waals surface area contributed by atoms with E-state index in [4.69, 9.17) is 4.74 Å². The fraction of sp³-hybridized carbons (Fsp3) is 0.714. The minimum Gasteiger partial charge on any atom is -0.469 e. The van der Waals surface area contributed by atoms with E-state index in [-0.39, 0.29) is 5.97 Å². The number of anilines is 1. The summed E-state index contributed by atoms with van der Waals surface area (Å²) in [7, 11) is 1.41. The monoisotopic (exact) mass is 298 g/mol. The lowest BCUT2D eigenvalue weighted by Gasteiger charge is -2.16. The van der Waals surface area contributed by atoms with Crippen LogP contribution in [0.25, 0.3) is 0 Å². The van der Waals surface area contributed by atoms with Gasteiger partial charge in [-0.1, -0.05) is 6.92 Å². The normalized spacial score (nSPS) is 21.9. The van der Waals surface area contributed by atoms with Crippen LogP contribution in [-0.4, -0.2) is 37.3 Å². The molecule has 1 aromatic rings. The van der Waals surface area contributed by atoms with Gasteiger partial charge in [-0.25, -0.2) is 4.98 Å². The van der Waals surface area contributed by atoms with Gasteiger partial charge in [0.2, 0.25) is 0 Å². The van der Waals surface area contributed by atoms with Gasteiger partial charge in [0.25, 0.3) is 0 Å². The van der Waals surface area contributed by atoms with Crippen molar-refractivity contribution in [2.45, 2.75) is 38.7 Å². The van der Waals surface area contributed by atoms with Crippen molar-refractivity contribution < 1.29 is 14.3 Å². The van der Waals surface area contributed by atoms with Crippen molar-refractivity contribution in [2.75, 3.05) is 25.6 Å². The Kier molecular flexibility index (Phi) is 5.79. The zero-order valence-electron chi connectivity index (χ0n) is 12.1. The molecule has 112 valence electrons. The van der Waals surface area contributed by atoms with Crippen LogP contribution in [0, 0.1) is 5.92 Å². The van der Waals surface area contributed by atoms with Crippen LogP contribution in [0.5, 0.6) is 0 Å². The lowest BCUT2D eigenvalue weighted by Crippen LogP contribution is -2.22. The predicted octanol–water partition coefficient (Wildman–Crippen LogP) is 2.48. The van der Waals surface area contributed by atoms with E-state index in [9.17, 15) is 4.79 Å². The molecule has 0 amide bonds. The number of hydrogen-bond acceptors (Lipinski definition) is 6.